The molecule has 0 spiro atoms. The molecule has 1 aromatic heterocycles. The number of thioether (sulfide) groups is 2. The van der Waals surface area contributed by atoms with Gasteiger partial charge in [-0.1, -0.05) is 65.5 Å². The SMILES string of the molecule is CCCSc1nnc(S[C@@H](C)C(=O)Nc2ccccc2Cl)s1. The van der Waals surface area contributed by atoms with Gasteiger partial charge in [-0.2, -0.15) is 0 Å². The monoisotopic (exact) mass is 373 g/mol. The van der Waals surface area contributed by atoms with E-state index in [4.69, 9.17) is 11.6 Å². The molecule has 1 amide bonds. The number of rotatable bonds is 7. The van der Waals surface area contributed by atoms with Crippen molar-refractivity contribution in [3.63, 3.8) is 0 Å². The first kappa shape index (κ1) is 17.6. The Labute approximate surface area is 147 Å². The Kier molecular flexibility index (Phi) is 7.01. The quantitative estimate of drug-likeness (QED) is 0.705. The summed E-state index contributed by atoms with van der Waals surface area (Å²) in [7, 11) is 0. The number of benzene rings is 1. The van der Waals surface area contributed by atoms with Crippen LogP contribution in [0.2, 0.25) is 5.02 Å². The van der Waals surface area contributed by atoms with E-state index in [-0.39, 0.29) is 11.2 Å². The van der Waals surface area contributed by atoms with Gasteiger partial charge in [-0.15, -0.1) is 10.2 Å². The van der Waals surface area contributed by atoms with Crippen molar-refractivity contribution in [2.75, 3.05) is 11.1 Å². The summed E-state index contributed by atoms with van der Waals surface area (Å²) in [6.07, 6.45) is 1.10. The predicted molar refractivity (Wildman–Crippen MR) is 96.3 cm³/mol. The van der Waals surface area contributed by atoms with Crippen LogP contribution in [0.3, 0.4) is 0 Å². The van der Waals surface area contributed by atoms with Crippen LogP contribution in [-0.4, -0.2) is 27.1 Å². The van der Waals surface area contributed by atoms with E-state index in [0.29, 0.717) is 10.7 Å². The molecule has 0 radical (unpaired) electrons. The fourth-order valence-corrected chi connectivity index (χ4v) is 4.77. The minimum absolute atomic E-state index is 0.101. The van der Waals surface area contributed by atoms with Gasteiger partial charge < -0.3 is 5.32 Å². The van der Waals surface area contributed by atoms with Gasteiger partial charge in [0, 0.05) is 5.75 Å². The summed E-state index contributed by atoms with van der Waals surface area (Å²) in [6.45, 7) is 3.97. The number of anilines is 1. The molecule has 0 aliphatic rings. The van der Waals surface area contributed by atoms with Gasteiger partial charge in [-0.25, -0.2) is 0 Å². The molecule has 0 bridgehead atoms. The zero-order valence-corrected chi connectivity index (χ0v) is 15.4. The number of carbonyl (C=O) groups excluding carboxylic acids is 1. The van der Waals surface area contributed by atoms with Crippen LogP contribution in [0.4, 0.5) is 5.69 Å². The van der Waals surface area contributed by atoms with Gasteiger partial charge >= 0.3 is 0 Å². The Morgan fingerprint density at radius 1 is 1.36 bits per heavy atom. The van der Waals surface area contributed by atoms with E-state index in [1.54, 1.807) is 23.9 Å². The van der Waals surface area contributed by atoms with Crippen molar-refractivity contribution in [2.45, 2.75) is 34.2 Å². The molecule has 118 valence electrons. The standard InChI is InChI=1S/C14H16ClN3OS3/c1-3-8-20-13-17-18-14(22-13)21-9(2)12(19)16-11-7-5-4-6-10(11)15/h4-7,9H,3,8H2,1-2H3,(H,16,19)/t9-/m0/s1. The highest BCUT2D eigenvalue weighted by Crippen LogP contribution is 2.32. The summed E-state index contributed by atoms with van der Waals surface area (Å²) in [4.78, 5) is 12.2. The zero-order chi connectivity index (χ0) is 15.9. The Morgan fingerprint density at radius 3 is 2.82 bits per heavy atom. The average Bonchev–Trinajstić information content (AvgIpc) is 2.94. The molecule has 2 aromatic rings. The lowest BCUT2D eigenvalue weighted by Crippen LogP contribution is -2.22. The van der Waals surface area contributed by atoms with Gasteiger partial charge in [-0.05, 0) is 25.5 Å². The van der Waals surface area contributed by atoms with E-state index in [1.165, 1.54) is 23.1 Å². The predicted octanol–water partition coefficient (Wildman–Crippen LogP) is 4.81. The molecule has 1 N–H and O–H groups in total. The maximum absolute atomic E-state index is 12.2. The number of carbonyl (C=O) groups is 1. The molecule has 0 aliphatic heterocycles. The lowest BCUT2D eigenvalue weighted by Gasteiger charge is -2.11. The molecule has 0 fully saturated rings. The van der Waals surface area contributed by atoms with Crippen molar-refractivity contribution < 1.29 is 4.79 Å². The van der Waals surface area contributed by atoms with Crippen LogP contribution in [0.15, 0.2) is 32.9 Å². The summed E-state index contributed by atoms with van der Waals surface area (Å²) in [6, 6.07) is 7.19. The molecule has 1 heterocycles. The summed E-state index contributed by atoms with van der Waals surface area (Å²) in [5, 5.41) is 11.3. The number of para-hydroxylation sites is 1. The molecule has 2 rings (SSSR count). The second kappa shape index (κ2) is 8.76. The minimum Gasteiger partial charge on any atom is -0.324 e. The number of hydrogen-bond acceptors (Lipinski definition) is 6. The van der Waals surface area contributed by atoms with Crippen LogP contribution >= 0.6 is 46.5 Å². The molecule has 1 aromatic carbocycles. The summed E-state index contributed by atoms with van der Waals surface area (Å²) >= 11 is 10.7. The Morgan fingerprint density at radius 2 is 2.09 bits per heavy atom. The number of aromatic nitrogens is 2. The van der Waals surface area contributed by atoms with Crippen molar-refractivity contribution in [3.8, 4) is 0 Å². The van der Waals surface area contributed by atoms with Crippen LogP contribution in [0.1, 0.15) is 20.3 Å². The van der Waals surface area contributed by atoms with Gasteiger partial charge in [0.1, 0.15) is 0 Å². The van der Waals surface area contributed by atoms with E-state index < -0.39 is 0 Å². The molecule has 0 saturated carbocycles. The number of hydrogen-bond donors (Lipinski definition) is 1. The van der Waals surface area contributed by atoms with Gasteiger partial charge in [0.15, 0.2) is 8.68 Å². The van der Waals surface area contributed by atoms with Crippen LogP contribution in [0.25, 0.3) is 0 Å². The van der Waals surface area contributed by atoms with Crippen molar-refractivity contribution in [2.24, 2.45) is 0 Å². The molecule has 0 unspecified atom stereocenters. The van der Waals surface area contributed by atoms with E-state index in [9.17, 15) is 4.79 Å². The molecular formula is C14H16ClN3OS3. The molecule has 4 nitrogen and oxygen atoms in total. The lowest BCUT2D eigenvalue weighted by atomic mass is 10.3. The Hall–Kier alpha value is -0.760. The zero-order valence-electron chi connectivity index (χ0n) is 12.2. The van der Waals surface area contributed by atoms with Gasteiger partial charge in [0.25, 0.3) is 0 Å². The lowest BCUT2D eigenvalue weighted by molar-refractivity contribution is -0.115. The number of nitrogens with zero attached hydrogens (tertiary/aromatic N) is 2. The van der Waals surface area contributed by atoms with Gasteiger partial charge in [0.05, 0.1) is 16.0 Å². The second-order valence-corrected chi connectivity index (χ2v) is 8.73. The number of halogens is 1. The highest BCUT2D eigenvalue weighted by molar-refractivity contribution is 8.03. The fraction of sp³-hybridized carbons (Fsp3) is 0.357. The maximum Gasteiger partial charge on any atom is 0.237 e. The van der Waals surface area contributed by atoms with Crippen molar-refractivity contribution in [3.05, 3.63) is 29.3 Å². The number of nitrogens with one attached hydrogen (secondary N) is 1. The highest BCUT2D eigenvalue weighted by atomic mass is 35.5. The Bertz CT molecular complexity index is 635. The fourth-order valence-electron chi connectivity index (χ4n) is 1.49. The van der Waals surface area contributed by atoms with Gasteiger partial charge in [0.2, 0.25) is 5.91 Å². The maximum atomic E-state index is 12.2. The van der Waals surface area contributed by atoms with E-state index in [0.717, 1.165) is 20.9 Å². The Balaban J connectivity index is 1.91. The minimum atomic E-state index is -0.270. The topological polar surface area (TPSA) is 54.9 Å². The van der Waals surface area contributed by atoms with Crippen LogP contribution in [0.5, 0.6) is 0 Å². The third-order valence-corrected chi connectivity index (χ3v) is 6.37. The molecule has 0 aliphatic carbocycles. The summed E-state index contributed by atoms with van der Waals surface area (Å²) in [5.74, 6) is 0.929. The third kappa shape index (κ3) is 5.15. The van der Waals surface area contributed by atoms with E-state index in [2.05, 4.69) is 22.4 Å². The third-order valence-electron chi connectivity index (χ3n) is 2.60. The number of amides is 1. The summed E-state index contributed by atoms with van der Waals surface area (Å²) < 4.78 is 1.75. The van der Waals surface area contributed by atoms with Crippen molar-refractivity contribution in [1.29, 1.82) is 0 Å². The normalized spacial score (nSPS) is 12.1. The molecule has 22 heavy (non-hydrogen) atoms. The first-order chi connectivity index (χ1) is 10.6. The largest absolute Gasteiger partial charge is 0.324 e. The van der Waals surface area contributed by atoms with Crippen LogP contribution in [0, 0.1) is 0 Å². The molecule has 8 heteroatoms. The first-order valence-corrected chi connectivity index (χ1v) is 9.84. The average molecular weight is 374 g/mol. The van der Waals surface area contributed by atoms with E-state index >= 15 is 0 Å². The van der Waals surface area contributed by atoms with E-state index in [1.807, 2.05) is 19.1 Å². The smallest absolute Gasteiger partial charge is 0.237 e. The summed E-state index contributed by atoms with van der Waals surface area (Å²) in [5.41, 5.74) is 0.623. The molecule has 0 saturated heterocycles. The van der Waals surface area contributed by atoms with Crippen LogP contribution < -0.4 is 5.32 Å². The molecule has 1 atom stereocenters. The van der Waals surface area contributed by atoms with Crippen molar-refractivity contribution >= 4 is 58.1 Å². The highest BCUT2D eigenvalue weighted by Gasteiger charge is 2.18. The second-order valence-electron chi connectivity index (χ2n) is 4.41. The molecular weight excluding hydrogens is 358 g/mol. The first-order valence-electron chi connectivity index (χ1n) is 6.78. The van der Waals surface area contributed by atoms with Crippen LogP contribution in [-0.2, 0) is 4.79 Å². The van der Waals surface area contributed by atoms with Crippen molar-refractivity contribution in [1.82, 2.24) is 10.2 Å². The van der Waals surface area contributed by atoms with Gasteiger partial charge in [-0.3, -0.25) is 4.79 Å².